The van der Waals surface area contributed by atoms with E-state index < -0.39 is 0 Å². The smallest absolute Gasteiger partial charge is 0.191 e. The number of rotatable bonds is 8. The zero-order valence-corrected chi connectivity index (χ0v) is 18.2. The van der Waals surface area contributed by atoms with E-state index in [0.717, 1.165) is 49.3 Å². The van der Waals surface area contributed by atoms with Crippen LogP contribution in [-0.2, 0) is 11.3 Å². The molecule has 3 rings (SSSR count). The number of methoxy groups -OCH3 is 2. The summed E-state index contributed by atoms with van der Waals surface area (Å²) in [5, 5.41) is 6.79. The molecule has 164 valence electrons. The lowest BCUT2D eigenvalue weighted by Gasteiger charge is -2.33. The maximum absolute atomic E-state index is 5.93. The van der Waals surface area contributed by atoms with E-state index in [-0.39, 0.29) is 6.04 Å². The van der Waals surface area contributed by atoms with Gasteiger partial charge in [0.05, 0.1) is 33.5 Å². The first-order valence-electron chi connectivity index (χ1n) is 10.2. The van der Waals surface area contributed by atoms with Gasteiger partial charge in [-0.2, -0.15) is 0 Å². The fraction of sp³-hybridized carbons (Fsp3) is 0.500. The lowest BCUT2D eigenvalue weighted by molar-refractivity contribution is 0.0124. The molecule has 2 aromatic rings. The van der Waals surface area contributed by atoms with Crippen molar-refractivity contribution < 1.29 is 18.6 Å². The van der Waals surface area contributed by atoms with Crippen molar-refractivity contribution in [3.8, 4) is 11.5 Å². The topological polar surface area (TPSA) is 80.5 Å². The number of guanidine groups is 1. The number of aliphatic imine (C=N–C) groups is 1. The summed E-state index contributed by atoms with van der Waals surface area (Å²) in [6.45, 7) is 6.50. The minimum atomic E-state index is 0.113. The van der Waals surface area contributed by atoms with Crippen molar-refractivity contribution in [1.82, 2.24) is 15.5 Å². The van der Waals surface area contributed by atoms with Gasteiger partial charge in [-0.1, -0.05) is 6.07 Å². The summed E-state index contributed by atoms with van der Waals surface area (Å²) in [5.74, 6) is 4.02. The van der Waals surface area contributed by atoms with Gasteiger partial charge < -0.3 is 29.3 Å². The number of nitrogens with zero attached hydrogens (tertiary/aromatic N) is 2. The van der Waals surface area contributed by atoms with Crippen LogP contribution in [0, 0.1) is 6.92 Å². The molecule has 1 aliphatic heterocycles. The van der Waals surface area contributed by atoms with Gasteiger partial charge in [0, 0.05) is 33.2 Å². The number of aryl methyl sites for hydroxylation is 1. The average molecular weight is 417 g/mol. The minimum absolute atomic E-state index is 0.113. The molecule has 30 heavy (non-hydrogen) atoms. The van der Waals surface area contributed by atoms with Crippen LogP contribution >= 0.6 is 0 Å². The van der Waals surface area contributed by atoms with E-state index in [9.17, 15) is 0 Å². The Morgan fingerprint density at radius 2 is 1.87 bits per heavy atom. The molecule has 1 aromatic heterocycles. The Kier molecular flexibility index (Phi) is 7.98. The van der Waals surface area contributed by atoms with E-state index in [4.69, 9.17) is 18.6 Å². The summed E-state index contributed by atoms with van der Waals surface area (Å²) < 4.78 is 22.1. The number of furan rings is 1. The van der Waals surface area contributed by atoms with Crippen molar-refractivity contribution >= 4 is 5.96 Å². The van der Waals surface area contributed by atoms with Gasteiger partial charge in [-0.25, -0.2) is 0 Å². The molecule has 1 fully saturated rings. The maximum Gasteiger partial charge on any atom is 0.191 e. The third-order valence-corrected chi connectivity index (χ3v) is 5.17. The van der Waals surface area contributed by atoms with Crippen LogP contribution in [0.4, 0.5) is 0 Å². The van der Waals surface area contributed by atoms with Gasteiger partial charge in [-0.3, -0.25) is 9.89 Å². The van der Waals surface area contributed by atoms with E-state index >= 15 is 0 Å². The van der Waals surface area contributed by atoms with Crippen molar-refractivity contribution in [3.05, 3.63) is 47.4 Å². The molecular formula is C22H32N4O4. The van der Waals surface area contributed by atoms with E-state index in [0.29, 0.717) is 24.6 Å². The molecule has 1 saturated heterocycles. The maximum atomic E-state index is 5.93. The average Bonchev–Trinajstić information content (AvgIpc) is 3.22. The summed E-state index contributed by atoms with van der Waals surface area (Å²) in [4.78, 5) is 6.75. The predicted molar refractivity (Wildman–Crippen MR) is 116 cm³/mol. The predicted octanol–water partition coefficient (Wildman–Crippen LogP) is 2.34. The van der Waals surface area contributed by atoms with Crippen LogP contribution < -0.4 is 20.1 Å². The van der Waals surface area contributed by atoms with E-state index in [1.165, 1.54) is 0 Å². The summed E-state index contributed by atoms with van der Waals surface area (Å²) >= 11 is 0. The highest BCUT2D eigenvalue weighted by molar-refractivity contribution is 5.79. The molecule has 8 nitrogen and oxygen atoms in total. The van der Waals surface area contributed by atoms with Crippen LogP contribution in [0.5, 0.6) is 11.5 Å². The molecule has 0 saturated carbocycles. The Hall–Kier alpha value is -2.71. The van der Waals surface area contributed by atoms with E-state index in [2.05, 4.69) is 26.6 Å². The molecule has 8 heteroatoms. The summed E-state index contributed by atoms with van der Waals surface area (Å²) in [6, 6.07) is 10.0. The molecule has 0 spiro atoms. The molecule has 1 atom stereocenters. The number of nitrogens with one attached hydrogen (secondary N) is 2. The Balaban J connectivity index is 1.61. The van der Waals surface area contributed by atoms with Crippen molar-refractivity contribution in [2.24, 2.45) is 4.99 Å². The molecule has 2 heterocycles. The molecule has 0 amide bonds. The highest BCUT2D eigenvalue weighted by Crippen LogP contribution is 2.27. The van der Waals surface area contributed by atoms with E-state index in [1.54, 1.807) is 21.3 Å². The zero-order chi connectivity index (χ0) is 21.3. The van der Waals surface area contributed by atoms with Crippen LogP contribution in [0.25, 0.3) is 0 Å². The Morgan fingerprint density at radius 3 is 2.50 bits per heavy atom. The fourth-order valence-electron chi connectivity index (χ4n) is 3.52. The number of morpholine rings is 1. The second-order valence-electron chi connectivity index (χ2n) is 7.11. The Labute approximate surface area is 178 Å². The fourth-order valence-corrected chi connectivity index (χ4v) is 3.52. The second kappa shape index (κ2) is 10.9. The Morgan fingerprint density at radius 1 is 1.10 bits per heavy atom. The normalized spacial score (nSPS) is 16.2. The number of hydrogen-bond donors (Lipinski definition) is 2. The highest BCUT2D eigenvalue weighted by atomic mass is 16.5. The lowest BCUT2D eigenvalue weighted by Crippen LogP contribution is -2.46. The standard InChI is InChI=1S/C22H32N4O4/c1-16-5-7-19(30-16)18(26-9-11-29-12-10-26)15-25-22(23-2)24-14-17-6-8-20(27-3)21(13-17)28-4/h5-8,13,18H,9-12,14-15H2,1-4H3,(H2,23,24,25). The van der Waals surface area contributed by atoms with Crippen molar-refractivity contribution in [2.45, 2.75) is 19.5 Å². The number of ether oxygens (including phenoxy) is 3. The molecule has 2 N–H and O–H groups in total. The summed E-state index contributed by atoms with van der Waals surface area (Å²) in [7, 11) is 5.04. The first-order chi connectivity index (χ1) is 14.6. The van der Waals surface area contributed by atoms with Gasteiger partial charge in [0.25, 0.3) is 0 Å². The molecule has 0 aliphatic carbocycles. The first-order valence-corrected chi connectivity index (χ1v) is 10.2. The largest absolute Gasteiger partial charge is 0.493 e. The zero-order valence-electron chi connectivity index (χ0n) is 18.2. The van der Waals surface area contributed by atoms with Gasteiger partial charge in [0.15, 0.2) is 17.5 Å². The molecule has 0 radical (unpaired) electrons. The third kappa shape index (κ3) is 5.67. The highest BCUT2D eigenvalue weighted by Gasteiger charge is 2.25. The van der Waals surface area contributed by atoms with Crippen LogP contribution in [0.1, 0.15) is 23.1 Å². The third-order valence-electron chi connectivity index (χ3n) is 5.17. The SMILES string of the molecule is CN=C(NCc1ccc(OC)c(OC)c1)NCC(c1ccc(C)o1)N1CCOCC1. The molecule has 1 aliphatic rings. The van der Waals surface area contributed by atoms with Crippen LogP contribution in [0.3, 0.4) is 0 Å². The number of hydrogen-bond acceptors (Lipinski definition) is 6. The van der Waals surface area contributed by atoms with Gasteiger partial charge in [0.1, 0.15) is 11.5 Å². The molecule has 0 bridgehead atoms. The van der Waals surface area contributed by atoms with Gasteiger partial charge in [0.2, 0.25) is 0 Å². The first kappa shape index (κ1) is 22.0. The van der Waals surface area contributed by atoms with Crippen LogP contribution in [0.2, 0.25) is 0 Å². The quantitative estimate of drug-likeness (QED) is 0.505. The van der Waals surface area contributed by atoms with Gasteiger partial charge in [-0.05, 0) is 36.8 Å². The van der Waals surface area contributed by atoms with Gasteiger partial charge in [-0.15, -0.1) is 0 Å². The Bertz CT molecular complexity index is 830. The van der Waals surface area contributed by atoms with Crippen molar-refractivity contribution in [2.75, 3.05) is 54.1 Å². The van der Waals surface area contributed by atoms with Gasteiger partial charge >= 0.3 is 0 Å². The second-order valence-corrected chi connectivity index (χ2v) is 7.11. The minimum Gasteiger partial charge on any atom is -0.493 e. The monoisotopic (exact) mass is 416 g/mol. The lowest BCUT2D eigenvalue weighted by atomic mass is 10.1. The summed E-state index contributed by atoms with van der Waals surface area (Å²) in [6.07, 6.45) is 0. The molecular weight excluding hydrogens is 384 g/mol. The van der Waals surface area contributed by atoms with Crippen LogP contribution in [-0.4, -0.2) is 65.0 Å². The molecule has 1 unspecified atom stereocenters. The van der Waals surface area contributed by atoms with Crippen molar-refractivity contribution in [1.29, 1.82) is 0 Å². The van der Waals surface area contributed by atoms with Crippen molar-refractivity contribution in [3.63, 3.8) is 0 Å². The van der Waals surface area contributed by atoms with E-state index in [1.807, 2.05) is 31.2 Å². The molecule has 1 aromatic carbocycles. The summed E-state index contributed by atoms with van der Waals surface area (Å²) in [5.41, 5.74) is 1.07. The van der Waals surface area contributed by atoms with Crippen LogP contribution in [0.15, 0.2) is 39.7 Å². The number of benzene rings is 1.